The first-order valence-corrected chi connectivity index (χ1v) is 10.3. The molecular weight excluding hydrogens is 362 g/mol. The molecule has 5 heteroatoms. The van der Waals surface area contributed by atoms with Gasteiger partial charge in [-0.2, -0.15) is 0 Å². The van der Waals surface area contributed by atoms with Gasteiger partial charge in [-0.05, 0) is 49.2 Å². The summed E-state index contributed by atoms with van der Waals surface area (Å²) in [5.41, 5.74) is 1.32. The predicted octanol–water partition coefficient (Wildman–Crippen LogP) is 4.29. The lowest BCUT2D eigenvalue weighted by Crippen LogP contribution is -2.37. The summed E-state index contributed by atoms with van der Waals surface area (Å²) < 4.78 is 13.8. The smallest absolute Gasteiger partial charge is 0.146 e. The van der Waals surface area contributed by atoms with Crippen LogP contribution in [0.25, 0.3) is 0 Å². The summed E-state index contributed by atoms with van der Waals surface area (Å²) in [6.45, 7) is 4.49. The summed E-state index contributed by atoms with van der Waals surface area (Å²) in [6.07, 6.45) is 6.19. The number of nitrogens with zero attached hydrogens (tertiary/aromatic N) is 3. The highest BCUT2D eigenvalue weighted by molar-refractivity contribution is 5.27. The Kier molecular flexibility index (Phi) is 6.47. The minimum absolute atomic E-state index is 0.484. The molecule has 1 saturated heterocycles. The molecule has 1 fully saturated rings. The van der Waals surface area contributed by atoms with E-state index in [1.807, 2.05) is 48.1 Å². The monoisotopic (exact) mass is 391 g/mol. The van der Waals surface area contributed by atoms with E-state index >= 15 is 0 Å². The van der Waals surface area contributed by atoms with Crippen LogP contribution in [0.4, 0.5) is 0 Å². The summed E-state index contributed by atoms with van der Waals surface area (Å²) >= 11 is 0. The molecule has 2 aromatic carbocycles. The summed E-state index contributed by atoms with van der Waals surface area (Å²) in [4.78, 5) is 6.82. The van der Waals surface area contributed by atoms with Crippen molar-refractivity contribution in [3.8, 4) is 11.5 Å². The van der Waals surface area contributed by atoms with Gasteiger partial charge in [0.15, 0.2) is 0 Å². The maximum Gasteiger partial charge on any atom is 0.146 e. The number of aromatic nitrogens is 2. The van der Waals surface area contributed by atoms with Crippen molar-refractivity contribution in [2.75, 3.05) is 19.7 Å². The molecule has 1 aliphatic heterocycles. The average Bonchev–Trinajstić information content (AvgIpc) is 3.17. The van der Waals surface area contributed by atoms with Crippen molar-refractivity contribution in [3.63, 3.8) is 0 Å². The van der Waals surface area contributed by atoms with Gasteiger partial charge < -0.3 is 14.0 Å². The van der Waals surface area contributed by atoms with E-state index in [-0.39, 0.29) is 0 Å². The Morgan fingerprint density at radius 3 is 2.55 bits per heavy atom. The zero-order valence-electron chi connectivity index (χ0n) is 17.0. The second kappa shape index (κ2) is 9.61. The summed E-state index contributed by atoms with van der Waals surface area (Å²) in [5, 5.41) is 0. The number of hydrogen-bond acceptors (Lipinski definition) is 4. The van der Waals surface area contributed by atoms with Gasteiger partial charge in [-0.15, -0.1) is 0 Å². The Morgan fingerprint density at radius 1 is 1.00 bits per heavy atom. The highest BCUT2D eigenvalue weighted by Gasteiger charge is 2.20. The third-order valence-electron chi connectivity index (χ3n) is 5.45. The highest BCUT2D eigenvalue weighted by atomic mass is 16.5. The fourth-order valence-corrected chi connectivity index (χ4v) is 3.79. The number of para-hydroxylation sites is 1. The number of likely N-dealkylation sites (tertiary alicyclic amines) is 1. The molecule has 5 nitrogen and oxygen atoms in total. The fourth-order valence-electron chi connectivity index (χ4n) is 3.79. The van der Waals surface area contributed by atoms with Crippen LogP contribution in [0.15, 0.2) is 67.0 Å². The molecule has 0 amide bonds. The Bertz CT molecular complexity index is 877. The second-order valence-electron chi connectivity index (χ2n) is 7.75. The fraction of sp³-hybridized carbons (Fsp3) is 0.375. The summed E-state index contributed by atoms with van der Waals surface area (Å²) in [6, 6.07) is 18.5. The van der Waals surface area contributed by atoms with E-state index in [0.717, 1.165) is 43.6 Å². The van der Waals surface area contributed by atoms with Crippen LogP contribution in [0.5, 0.6) is 11.5 Å². The van der Waals surface area contributed by atoms with E-state index < -0.39 is 0 Å². The van der Waals surface area contributed by atoms with Crippen LogP contribution in [0, 0.1) is 5.92 Å². The van der Waals surface area contributed by atoms with Crippen LogP contribution in [0.3, 0.4) is 0 Å². The number of imidazole rings is 1. The number of hydrogen-bond donors (Lipinski definition) is 0. The zero-order valence-corrected chi connectivity index (χ0v) is 17.0. The van der Waals surface area contributed by atoms with Crippen LogP contribution in [-0.4, -0.2) is 34.1 Å². The van der Waals surface area contributed by atoms with Crippen molar-refractivity contribution in [2.45, 2.75) is 26.0 Å². The highest BCUT2D eigenvalue weighted by Crippen LogP contribution is 2.21. The molecule has 1 atom stereocenters. The van der Waals surface area contributed by atoms with Gasteiger partial charge in [-0.25, -0.2) is 4.98 Å². The first-order valence-electron chi connectivity index (χ1n) is 10.3. The number of aryl methyl sites for hydroxylation is 1. The van der Waals surface area contributed by atoms with Crippen LogP contribution >= 0.6 is 0 Å². The molecule has 0 bridgehead atoms. The van der Waals surface area contributed by atoms with Crippen molar-refractivity contribution in [2.24, 2.45) is 13.0 Å². The third kappa shape index (κ3) is 5.61. The van der Waals surface area contributed by atoms with Gasteiger partial charge in [-0.3, -0.25) is 4.90 Å². The maximum absolute atomic E-state index is 5.98. The van der Waals surface area contributed by atoms with E-state index in [1.165, 1.54) is 18.4 Å². The number of ether oxygens (including phenoxy) is 2. The van der Waals surface area contributed by atoms with Crippen LogP contribution in [0.1, 0.15) is 24.2 Å². The third-order valence-corrected chi connectivity index (χ3v) is 5.45. The SMILES string of the molecule is Cn1ccnc1COc1ccc(CN2CCCC(COc3ccccc3)C2)cc1. The molecule has 1 aliphatic rings. The molecule has 29 heavy (non-hydrogen) atoms. The zero-order chi connectivity index (χ0) is 19.9. The standard InChI is InChI=1S/C24H29N3O2/c1-26-15-13-25-24(26)19-29-23-11-9-20(10-12-23)16-27-14-5-6-21(17-27)18-28-22-7-3-2-4-8-22/h2-4,7-13,15,21H,5-6,14,16-19H2,1H3. The molecule has 3 aromatic rings. The summed E-state index contributed by atoms with van der Waals surface area (Å²) in [7, 11) is 1.98. The molecule has 0 saturated carbocycles. The first-order chi connectivity index (χ1) is 14.3. The molecular formula is C24H29N3O2. The molecule has 1 aromatic heterocycles. The van der Waals surface area contributed by atoms with Gasteiger partial charge in [-0.1, -0.05) is 30.3 Å². The topological polar surface area (TPSA) is 39.5 Å². The van der Waals surface area contributed by atoms with Crippen molar-refractivity contribution in [1.82, 2.24) is 14.5 Å². The van der Waals surface area contributed by atoms with Crippen LogP contribution in [0.2, 0.25) is 0 Å². The molecule has 0 N–H and O–H groups in total. The normalized spacial score (nSPS) is 17.2. The van der Waals surface area contributed by atoms with Crippen molar-refractivity contribution in [3.05, 3.63) is 78.4 Å². The minimum atomic E-state index is 0.484. The van der Waals surface area contributed by atoms with E-state index in [4.69, 9.17) is 9.47 Å². The lowest BCUT2D eigenvalue weighted by atomic mass is 9.98. The Morgan fingerprint density at radius 2 is 1.79 bits per heavy atom. The van der Waals surface area contributed by atoms with Crippen molar-refractivity contribution < 1.29 is 9.47 Å². The molecule has 152 valence electrons. The largest absolute Gasteiger partial charge is 0.493 e. The Hall–Kier alpha value is -2.79. The quantitative estimate of drug-likeness (QED) is 0.574. The predicted molar refractivity (Wildman–Crippen MR) is 114 cm³/mol. The van der Waals surface area contributed by atoms with Gasteiger partial charge in [0.25, 0.3) is 0 Å². The van der Waals surface area contributed by atoms with Gasteiger partial charge in [0.1, 0.15) is 23.9 Å². The van der Waals surface area contributed by atoms with Crippen molar-refractivity contribution >= 4 is 0 Å². The van der Waals surface area contributed by atoms with E-state index in [2.05, 4.69) is 34.1 Å². The van der Waals surface area contributed by atoms with Gasteiger partial charge in [0.2, 0.25) is 0 Å². The van der Waals surface area contributed by atoms with E-state index in [1.54, 1.807) is 6.20 Å². The number of benzene rings is 2. The molecule has 2 heterocycles. The number of piperidine rings is 1. The first kappa shape index (κ1) is 19.5. The Balaban J connectivity index is 1.24. The molecule has 0 aliphatic carbocycles. The van der Waals surface area contributed by atoms with Gasteiger partial charge >= 0.3 is 0 Å². The maximum atomic E-state index is 5.98. The minimum Gasteiger partial charge on any atom is -0.493 e. The Labute approximate surface area is 172 Å². The lowest BCUT2D eigenvalue weighted by molar-refractivity contribution is 0.125. The van der Waals surface area contributed by atoms with Gasteiger partial charge in [0, 0.05) is 38.4 Å². The van der Waals surface area contributed by atoms with Crippen LogP contribution in [-0.2, 0) is 20.2 Å². The number of rotatable bonds is 8. The van der Waals surface area contributed by atoms with E-state index in [9.17, 15) is 0 Å². The van der Waals surface area contributed by atoms with E-state index in [0.29, 0.717) is 12.5 Å². The molecule has 0 radical (unpaired) electrons. The van der Waals surface area contributed by atoms with Crippen molar-refractivity contribution in [1.29, 1.82) is 0 Å². The lowest BCUT2D eigenvalue weighted by Gasteiger charge is -2.32. The average molecular weight is 392 g/mol. The molecule has 1 unspecified atom stereocenters. The molecule has 0 spiro atoms. The second-order valence-corrected chi connectivity index (χ2v) is 7.75. The van der Waals surface area contributed by atoms with Crippen LogP contribution < -0.4 is 9.47 Å². The molecule has 4 rings (SSSR count). The summed E-state index contributed by atoms with van der Waals surface area (Å²) in [5.74, 6) is 3.35. The van der Waals surface area contributed by atoms with Gasteiger partial charge in [0.05, 0.1) is 6.61 Å².